The molecule has 3 atom stereocenters. The van der Waals surface area contributed by atoms with Gasteiger partial charge in [-0.25, -0.2) is 0 Å². The van der Waals surface area contributed by atoms with E-state index in [1.54, 1.807) is 0 Å². The van der Waals surface area contributed by atoms with Crippen LogP contribution in [0, 0.1) is 5.92 Å². The summed E-state index contributed by atoms with van der Waals surface area (Å²) in [6.07, 6.45) is -0.923. The number of nitrogens with one attached hydrogen (secondary N) is 1. The van der Waals surface area contributed by atoms with Crippen LogP contribution in [0.25, 0.3) is 10.8 Å². The van der Waals surface area contributed by atoms with Crippen LogP contribution in [0.5, 0.6) is 0 Å². The van der Waals surface area contributed by atoms with Crippen LogP contribution in [-0.4, -0.2) is 35.4 Å². The van der Waals surface area contributed by atoms with E-state index in [2.05, 4.69) is 5.32 Å². The molecule has 2 aromatic carbocycles. The summed E-state index contributed by atoms with van der Waals surface area (Å²) in [5.74, 6) is -2.16. The second-order valence-electron chi connectivity index (χ2n) is 6.00. The summed E-state index contributed by atoms with van der Waals surface area (Å²) < 4.78 is 0. The SMILES string of the molecule is NC(=O)CN1OC2C(=O)NC(=O)C2C1c1ccc2ccccc2c1. The van der Waals surface area contributed by atoms with Crippen molar-refractivity contribution in [1.82, 2.24) is 10.4 Å². The van der Waals surface area contributed by atoms with Crippen molar-refractivity contribution in [2.45, 2.75) is 12.1 Å². The van der Waals surface area contributed by atoms with Gasteiger partial charge in [0.15, 0.2) is 6.10 Å². The maximum atomic E-state index is 12.2. The molecule has 2 fully saturated rings. The number of carbonyl (C=O) groups is 3. The fraction of sp³-hybridized carbons (Fsp3) is 0.235. The molecule has 3 unspecified atom stereocenters. The molecule has 0 spiro atoms. The maximum Gasteiger partial charge on any atom is 0.258 e. The second kappa shape index (κ2) is 5.40. The van der Waals surface area contributed by atoms with Gasteiger partial charge in [0.05, 0.1) is 12.0 Å². The van der Waals surface area contributed by atoms with Gasteiger partial charge in [0, 0.05) is 0 Å². The highest BCUT2D eigenvalue weighted by molar-refractivity contribution is 6.07. The summed E-state index contributed by atoms with van der Waals surface area (Å²) in [5.41, 5.74) is 6.08. The highest BCUT2D eigenvalue weighted by Crippen LogP contribution is 2.42. The molecule has 0 aromatic heterocycles. The second-order valence-corrected chi connectivity index (χ2v) is 6.00. The molecule has 0 saturated carbocycles. The first-order chi connectivity index (χ1) is 11.5. The number of nitrogens with two attached hydrogens (primary N) is 1. The Kier molecular flexibility index (Phi) is 3.33. The first-order valence-electron chi connectivity index (χ1n) is 7.60. The quantitative estimate of drug-likeness (QED) is 0.788. The van der Waals surface area contributed by atoms with Gasteiger partial charge in [-0.1, -0.05) is 36.4 Å². The number of hydrogen-bond acceptors (Lipinski definition) is 5. The molecular formula is C17H15N3O4. The van der Waals surface area contributed by atoms with Crippen LogP contribution < -0.4 is 11.1 Å². The smallest absolute Gasteiger partial charge is 0.258 e. The van der Waals surface area contributed by atoms with Crippen molar-refractivity contribution in [2.24, 2.45) is 11.7 Å². The Hall–Kier alpha value is -2.77. The Bertz CT molecular complexity index is 866. The molecule has 3 amide bonds. The van der Waals surface area contributed by atoms with Crippen molar-refractivity contribution >= 4 is 28.5 Å². The molecule has 7 nitrogen and oxygen atoms in total. The van der Waals surface area contributed by atoms with Crippen LogP contribution in [0.4, 0.5) is 0 Å². The van der Waals surface area contributed by atoms with Crippen molar-refractivity contribution < 1.29 is 19.2 Å². The molecule has 2 heterocycles. The Balaban J connectivity index is 1.79. The Labute approximate surface area is 137 Å². The van der Waals surface area contributed by atoms with Gasteiger partial charge in [0.1, 0.15) is 6.54 Å². The predicted octanol–water partition coefficient (Wildman–Crippen LogP) is 0.255. The third-order valence-electron chi connectivity index (χ3n) is 4.46. The van der Waals surface area contributed by atoms with Gasteiger partial charge in [-0.15, -0.1) is 0 Å². The highest BCUT2D eigenvalue weighted by Gasteiger charge is 2.56. The van der Waals surface area contributed by atoms with E-state index >= 15 is 0 Å². The van der Waals surface area contributed by atoms with Crippen LogP contribution in [0.2, 0.25) is 0 Å². The van der Waals surface area contributed by atoms with Crippen molar-refractivity contribution in [3.63, 3.8) is 0 Å². The Morgan fingerprint density at radius 2 is 1.88 bits per heavy atom. The van der Waals surface area contributed by atoms with Crippen LogP contribution in [0.3, 0.4) is 0 Å². The zero-order valence-corrected chi connectivity index (χ0v) is 12.6. The van der Waals surface area contributed by atoms with Gasteiger partial charge in [0.25, 0.3) is 5.91 Å². The number of primary amides is 1. The highest BCUT2D eigenvalue weighted by atomic mass is 16.7. The van der Waals surface area contributed by atoms with E-state index in [0.29, 0.717) is 0 Å². The van der Waals surface area contributed by atoms with E-state index in [1.165, 1.54) is 5.06 Å². The molecule has 2 aliphatic heterocycles. The van der Waals surface area contributed by atoms with Gasteiger partial charge in [0.2, 0.25) is 11.8 Å². The fourth-order valence-electron chi connectivity index (χ4n) is 3.44. The number of nitrogens with zero attached hydrogens (tertiary/aromatic N) is 1. The van der Waals surface area contributed by atoms with E-state index in [-0.39, 0.29) is 6.54 Å². The van der Waals surface area contributed by atoms with E-state index < -0.39 is 35.8 Å². The number of hydrogen-bond donors (Lipinski definition) is 2. The van der Waals surface area contributed by atoms with Gasteiger partial charge >= 0.3 is 0 Å². The standard InChI is InChI=1S/C17H15N3O4/c18-12(21)8-20-14(13-15(24-20)17(23)19-16(13)22)11-6-5-9-3-1-2-4-10(9)7-11/h1-7,13-15H,8H2,(H2,18,21)(H,19,22,23). The third-order valence-corrected chi connectivity index (χ3v) is 4.46. The third kappa shape index (κ3) is 2.26. The number of rotatable bonds is 3. The summed E-state index contributed by atoms with van der Waals surface area (Å²) >= 11 is 0. The number of imide groups is 1. The fourth-order valence-corrected chi connectivity index (χ4v) is 3.44. The molecule has 24 heavy (non-hydrogen) atoms. The molecule has 0 aliphatic carbocycles. The lowest BCUT2D eigenvalue weighted by molar-refractivity contribution is -0.176. The van der Waals surface area contributed by atoms with E-state index in [0.717, 1.165) is 16.3 Å². The molecule has 122 valence electrons. The Morgan fingerprint density at radius 3 is 2.62 bits per heavy atom. The first-order valence-corrected chi connectivity index (χ1v) is 7.60. The predicted molar refractivity (Wildman–Crippen MR) is 84.1 cm³/mol. The van der Waals surface area contributed by atoms with Crippen molar-refractivity contribution in [3.05, 3.63) is 48.0 Å². The van der Waals surface area contributed by atoms with Crippen LogP contribution >= 0.6 is 0 Å². The van der Waals surface area contributed by atoms with Crippen molar-refractivity contribution in [3.8, 4) is 0 Å². The Morgan fingerprint density at radius 1 is 1.12 bits per heavy atom. The number of amides is 3. The minimum Gasteiger partial charge on any atom is -0.368 e. The molecule has 2 aromatic rings. The number of hydroxylamine groups is 2. The lowest BCUT2D eigenvalue weighted by Crippen LogP contribution is -2.37. The van der Waals surface area contributed by atoms with Gasteiger partial charge in [-0.3, -0.25) is 24.5 Å². The monoisotopic (exact) mass is 325 g/mol. The first kappa shape index (κ1) is 14.8. The van der Waals surface area contributed by atoms with Crippen molar-refractivity contribution in [1.29, 1.82) is 0 Å². The summed E-state index contributed by atoms with van der Waals surface area (Å²) in [6, 6.07) is 13.0. The summed E-state index contributed by atoms with van der Waals surface area (Å²) in [4.78, 5) is 41.0. The molecule has 3 N–H and O–H groups in total. The normalized spacial score (nSPS) is 26.6. The molecule has 2 aliphatic rings. The number of benzene rings is 2. The minimum atomic E-state index is -0.923. The van der Waals surface area contributed by atoms with Gasteiger partial charge in [-0.2, -0.15) is 5.06 Å². The zero-order chi connectivity index (χ0) is 16.8. The van der Waals surface area contributed by atoms with Crippen LogP contribution in [-0.2, 0) is 19.2 Å². The molecule has 2 saturated heterocycles. The van der Waals surface area contributed by atoms with Crippen LogP contribution in [0.1, 0.15) is 11.6 Å². The number of carbonyl (C=O) groups excluding carboxylic acids is 3. The average molecular weight is 325 g/mol. The van der Waals surface area contributed by atoms with Gasteiger partial charge in [-0.05, 0) is 22.4 Å². The lowest BCUT2D eigenvalue weighted by Gasteiger charge is -2.24. The largest absolute Gasteiger partial charge is 0.368 e. The molecule has 4 rings (SSSR count). The molecular weight excluding hydrogens is 310 g/mol. The van der Waals surface area contributed by atoms with E-state index in [9.17, 15) is 14.4 Å². The zero-order valence-electron chi connectivity index (χ0n) is 12.6. The summed E-state index contributed by atoms with van der Waals surface area (Å²) in [7, 11) is 0. The van der Waals surface area contributed by atoms with Crippen molar-refractivity contribution in [2.75, 3.05) is 6.54 Å². The summed E-state index contributed by atoms with van der Waals surface area (Å²) in [6.45, 7) is -0.189. The molecule has 0 radical (unpaired) electrons. The van der Waals surface area contributed by atoms with E-state index in [4.69, 9.17) is 10.6 Å². The average Bonchev–Trinajstić information content (AvgIpc) is 3.04. The van der Waals surface area contributed by atoms with Crippen LogP contribution in [0.15, 0.2) is 42.5 Å². The van der Waals surface area contributed by atoms with Gasteiger partial charge < -0.3 is 5.73 Å². The summed E-state index contributed by atoms with van der Waals surface area (Å²) in [5, 5.41) is 5.69. The maximum absolute atomic E-state index is 12.2. The minimum absolute atomic E-state index is 0.189. The molecule has 7 heteroatoms. The number of fused-ring (bicyclic) bond motifs is 2. The lowest BCUT2D eigenvalue weighted by atomic mass is 9.89. The topological polar surface area (TPSA) is 102 Å². The molecule has 0 bridgehead atoms. The van der Waals surface area contributed by atoms with E-state index in [1.807, 2.05) is 42.5 Å².